The maximum absolute atomic E-state index is 12.7. The molecule has 0 bridgehead atoms. The average Bonchev–Trinajstić information content (AvgIpc) is 2.51. The fraction of sp³-hybridized carbons (Fsp3) is 0.316. The van der Waals surface area contributed by atoms with Crippen molar-refractivity contribution in [1.29, 1.82) is 0 Å². The van der Waals surface area contributed by atoms with Crippen molar-refractivity contribution in [3.05, 3.63) is 58.7 Å². The molecule has 1 amide bonds. The van der Waals surface area contributed by atoms with E-state index in [0.29, 0.717) is 16.9 Å². The van der Waals surface area contributed by atoms with Gasteiger partial charge >= 0.3 is 0 Å². The van der Waals surface area contributed by atoms with Crippen LogP contribution in [0.1, 0.15) is 34.0 Å². The molecular weight excluding hydrogens is 352 g/mol. The van der Waals surface area contributed by atoms with Crippen LogP contribution in [0.3, 0.4) is 0 Å². The van der Waals surface area contributed by atoms with Gasteiger partial charge in [0.25, 0.3) is 5.91 Å². The van der Waals surface area contributed by atoms with Gasteiger partial charge < -0.3 is 10.5 Å². The lowest BCUT2D eigenvalue weighted by Gasteiger charge is -2.18. The van der Waals surface area contributed by atoms with Gasteiger partial charge in [0, 0.05) is 0 Å². The topological polar surface area (TPSA) is 98.5 Å². The van der Waals surface area contributed by atoms with Crippen LogP contribution in [0.4, 0.5) is 0 Å². The quantitative estimate of drug-likeness (QED) is 0.775. The first kappa shape index (κ1) is 19.9. The third kappa shape index (κ3) is 4.62. The van der Waals surface area contributed by atoms with Gasteiger partial charge in [-0.2, -0.15) is 0 Å². The Labute approximate surface area is 154 Å². The highest BCUT2D eigenvalue weighted by molar-refractivity contribution is 7.89. The molecule has 0 spiro atoms. The first-order valence-electron chi connectivity index (χ1n) is 8.23. The Morgan fingerprint density at radius 1 is 1.15 bits per heavy atom. The second-order valence-electron chi connectivity index (χ2n) is 6.42. The molecule has 0 fully saturated rings. The molecule has 26 heavy (non-hydrogen) atoms. The fourth-order valence-corrected chi connectivity index (χ4v) is 4.64. The number of primary amides is 1. The van der Waals surface area contributed by atoms with Crippen LogP contribution in [-0.2, 0) is 10.0 Å². The second kappa shape index (κ2) is 7.88. The Bertz CT molecular complexity index is 900. The summed E-state index contributed by atoms with van der Waals surface area (Å²) in [6, 6.07) is 9.76. The summed E-state index contributed by atoms with van der Waals surface area (Å²) < 4.78 is 33.7. The summed E-state index contributed by atoms with van der Waals surface area (Å²) in [6.45, 7) is 7.24. The zero-order valence-electron chi connectivity index (χ0n) is 15.4. The van der Waals surface area contributed by atoms with Gasteiger partial charge in [0.2, 0.25) is 10.0 Å². The number of ether oxygens (including phenoxy) is 1. The van der Waals surface area contributed by atoms with E-state index in [-0.39, 0.29) is 17.1 Å². The smallest absolute Gasteiger partial charge is 0.252 e. The molecule has 0 aromatic heterocycles. The lowest BCUT2D eigenvalue weighted by atomic mass is 10.1. The van der Waals surface area contributed by atoms with E-state index in [0.717, 1.165) is 5.56 Å². The Balaban J connectivity index is 2.13. The Morgan fingerprint density at radius 3 is 2.31 bits per heavy atom. The van der Waals surface area contributed by atoms with Crippen molar-refractivity contribution in [3.8, 4) is 5.75 Å². The van der Waals surface area contributed by atoms with Gasteiger partial charge in [0.15, 0.2) is 0 Å². The van der Waals surface area contributed by atoms with Gasteiger partial charge in [-0.25, -0.2) is 13.1 Å². The number of amides is 1. The first-order valence-corrected chi connectivity index (χ1v) is 9.72. The highest BCUT2D eigenvalue weighted by Gasteiger charge is 2.22. The number of hydrogen-bond donors (Lipinski definition) is 2. The van der Waals surface area contributed by atoms with Gasteiger partial charge in [-0.15, -0.1) is 0 Å². The number of carbonyl (C=O) groups is 1. The van der Waals surface area contributed by atoms with E-state index in [4.69, 9.17) is 10.5 Å². The maximum Gasteiger partial charge on any atom is 0.252 e. The number of sulfonamides is 1. The Kier molecular flexibility index (Phi) is 6.05. The molecule has 2 aromatic carbocycles. The fourth-order valence-electron chi connectivity index (χ4n) is 2.96. The van der Waals surface area contributed by atoms with Crippen LogP contribution >= 0.6 is 0 Å². The monoisotopic (exact) mass is 376 g/mol. The summed E-state index contributed by atoms with van der Waals surface area (Å²) in [5.41, 5.74) is 7.98. The molecule has 0 heterocycles. The summed E-state index contributed by atoms with van der Waals surface area (Å²) in [5.74, 6) is -0.270. The van der Waals surface area contributed by atoms with Crippen molar-refractivity contribution in [2.24, 2.45) is 5.73 Å². The Hall–Kier alpha value is -2.38. The van der Waals surface area contributed by atoms with Crippen LogP contribution < -0.4 is 15.2 Å². The lowest BCUT2D eigenvalue weighted by molar-refractivity contribution is 0.0996. The summed E-state index contributed by atoms with van der Waals surface area (Å²) in [7, 11) is -3.69. The molecule has 2 aromatic rings. The normalized spacial score (nSPS) is 12.6. The molecule has 1 atom stereocenters. The van der Waals surface area contributed by atoms with Crippen LogP contribution in [0.25, 0.3) is 0 Å². The lowest BCUT2D eigenvalue weighted by Crippen LogP contribution is -2.37. The van der Waals surface area contributed by atoms with Crippen LogP contribution in [-0.4, -0.2) is 27.0 Å². The molecule has 6 nitrogen and oxygen atoms in total. The average molecular weight is 376 g/mol. The number of aryl methyl sites for hydroxylation is 3. The molecule has 0 aliphatic heterocycles. The molecule has 0 aliphatic rings. The van der Waals surface area contributed by atoms with E-state index in [9.17, 15) is 13.2 Å². The number of nitrogens with one attached hydrogen (secondary N) is 1. The minimum atomic E-state index is -3.69. The number of nitrogens with two attached hydrogens (primary N) is 1. The summed E-state index contributed by atoms with van der Waals surface area (Å²) in [4.78, 5) is 11.7. The number of para-hydroxylation sites is 1. The minimum absolute atomic E-state index is 0.0630. The number of carbonyl (C=O) groups excluding carboxylic acids is 1. The van der Waals surface area contributed by atoms with Gasteiger partial charge in [-0.3, -0.25) is 4.79 Å². The molecule has 3 N–H and O–H groups in total. The van der Waals surface area contributed by atoms with Gasteiger partial charge in [0.1, 0.15) is 12.4 Å². The van der Waals surface area contributed by atoms with Crippen molar-refractivity contribution in [1.82, 2.24) is 4.72 Å². The molecule has 0 aliphatic carbocycles. The van der Waals surface area contributed by atoms with Gasteiger partial charge in [-0.05, 0) is 51.0 Å². The van der Waals surface area contributed by atoms with Crippen molar-refractivity contribution in [2.75, 3.05) is 6.61 Å². The number of benzene rings is 2. The third-order valence-electron chi connectivity index (χ3n) is 3.87. The van der Waals surface area contributed by atoms with Gasteiger partial charge in [-0.1, -0.05) is 29.8 Å². The molecule has 0 saturated carbocycles. The number of hydrogen-bond acceptors (Lipinski definition) is 4. The molecule has 0 unspecified atom stereocenters. The number of rotatable bonds is 7. The summed E-state index contributed by atoms with van der Waals surface area (Å²) in [5, 5.41) is 0. The van der Waals surface area contributed by atoms with E-state index >= 15 is 0 Å². The molecular formula is C19H24N2O4S. The molecule has 140 valence electrons. The van der Waals surface area contributed by atoms with Crippen molar-refractivity contribution in [3.63, 3.8) is 0 Å². The molecule has 7 heteroatoms. The predicted molar refractivity (Wildman–Crippen MR) is 101 cm³/mol. The van der Waals surface area contributed by atoms with Gasteiger partial charge in [0.05, 0.1) is 16.5 Å². The van der Waals surface area contributed by atoms with Crippen LogP contribution in [0.5, 0.6) is 5.75 Å². The SMILES string of the molecule is Cc1cc(C)c(S(=O)(=O)N[C@@H](C)COc2ccccc2C(N)=O)c(C)c1. The largest absolute Gasteiger partial charge is 0.491 e. The molecule has 0 radical (unpaired) electrons. The third-order valence-corrected chi connectivity index (χ3v) is 5.77. The second-order valence-corrected chi connectivity index (χ2v) is 8.07. The zero-order valence-corrected chi connectivity index (χ0v) is 16.2. The van der Waals surface area contributed by atoms with E-state index < -0.39 is 22.0 Å². The molecule has 2 rings (SSSR count). The standard InChI is InChI=1S/C19H24N2O4S/c1-12-9-13(2)18(14(3)10-12)26(23,24)21-15(4)11-25-17-8-6-5-7-16(17)19(20)22/h5-10,15,21H,11H2,1-4H3,(H2,20,22)/t15-/m0/s1. The highest BCUT2D eigenvalue weighted by atomic mass is 32.2. The minimum Gasteiger partial charge on any atom is -0.491 e. The molecule has 0 saturated heterocycles. The predicted octanol–water partition coefficient (Wildman–Crippen LogP) is 2.46. The van der Waals surface area contributed by atoms with E-state index in [1.807, 2.05) is 19.1 Å². The van der Waals surface area contributed by atoms with Crippen molar-refractivity contribution < 1.29 is 17.9 Å². The highest BCUT2D eigenvalue weighted by Crippen LogP contribution is 2.22. The van der Waals surface area contributed by atoms with Crippen molar-refractivity contribution in [2.45, 2.75) is 38.6 Å². The van der Waals surface area contributed by atoms with E-state index in [1.165, 1.54) is 0 Å². The van der Waals surface area contributed by atoms with Crippen LogP contribution in [0, 0.1) is 20.8 Å². The van der Waals surface area contributed by atoms with Crippen molar-refractivity contribution >= 4 is 15.9 Å². The summed E-state index contributed by atoms with van der Waals surface area (Å²) in [6.07, 6.45) is 0. The van der Waals surface area contributed by atoms with E-state index in [2.05, 4.69) is 4.72 Å². The Morgan fingerprint density at radius 2 is 1.73 bits per heavy atom. The maximum atomic E-state index is 12.7. The van der Waals surface area contributed by atoms with Crippen LogP contribution in [0.15, 0.2) is 41.3 Å². The zero-order chi connectivity index (χ0) is 19.5. The first-order chi connectivity index (χ1) is 12.1. The van der Waals surface area contributed by atoms with Crippen LogP contribution in [0.2, 0.25) is 0 Å². The van der Waals surface area contributed by atoms with E-state index in [1.54, 1.807) is 45.0 Å². The summed E-state index contributed by atoms with van der Waals surface area (Å²) >= 11 is 0.